The normalized spacial score (nSPS) is 18.1. The summed E-state index contributed by atoms with van der Waals surface area (Å²) in [6, 6.07) is 10.1. The van der Waals surface area contributed by atoms with Crippen LogP contribution in [-0.2, 0) is 4.79 Å². The van der Waals surface area contributed by atoms with Crippen molar-refractivity contribution in [3.63, 3.8) is 0 Å². The van der Waals surface area contributed by atoms with Gasteiger partial charge in [-0.2, -0.15) is 11.8 Å². The van der Waals surface area contributed by atoms with E-state index in [1.54, 1.807) is 11.8 Å². The van der Waals surface area contributed by atoms with E-state index < -0.39 is 0 Å². The molecular weight excluding hydrogens is 312 g/mol. The third-order valence-corrected chi connectivity index (χ3v) is 6.28. The van der Waals surface area contributed by atoms with E-state index >= 15 is 0 Å². The van der Waals surface area contributed by atoms with Crippen LogP contribution in [0.25, 0.3) is 0 Å². The molecule has 1 fully saturated rings. The highest BCUT2D eigenvalue weighted by molar-refractivity contribution is 8.00. The Balaban J connectivity index is 1.90. The van der Waals surface area contributed by atoms with E-state index in [0.717, 1.165) is 31.6 Å². The van der Waals surface area contributed by atoms with Gasteiger partial charge >= 0.3 is 0 Å². The number of benzene rings is 1. The van der Waals surface area contributed by atoms with Crippen LogP contribution in [0.4, 0.5) is 0 Å². The van der Waals surface area contributed by atoms with Crippen molar-refractivity contribution in [1.29, 1.82) is 0 Å². The van der Waals surface area contributed by atoms with Gasteiger partial charge in [-0.3, -0.25) is 4.79 Å². The van der Waals surface area contributed by atoms with E-state index in [1.807, 2.05) is 24.1 Å². The summed E-state index contributed by atoms with van der Waals surface area (Å²) in [6.07, 6.45) is 7.59. The molecule has 1 aliphatic rings. The molecule has 3 N–H and O–H groups in total. The Morgan fingerprint density at radius 3 is 2.64 bits per heavy atom. The maximum atomic E-state index is 12.1. The van der Waals surface area contributed by atoms with Crippen LogP contribution in [0.1, 0.15) is 32.1 Å². The summed E-state index contributed by atoms with van der Waals surface area (Å²) < 4.78 is 0.135. The molecule has 0 bridgehead atoms. The quantitative estimate of drug-likeness (QED) is 0.764. The van der Waals surface area contributed by atoms with Gasteiger partial charge in [0.05, 0.1) is 6.04 Å². The molecule has 1 aliphatic carbocycles. The van der Waals surface area contributed by atoms with Gasteiger partial charge in [0.1, 0.15) is 0 Å². The lowest BCUT2D eigenvalue weighted by Crippen LogP contribution is -2.46. The lowest BCUT2D eigenvalue weighted by Gasteiger charge is -2.29. The topological polar surface area (TPSA) is 55.1 Å². The predicted molar refractivity (Wildman–Crippen MR) is 97.5 cm³/mol. The number of hydrogen-bond acceptors (Lipinski definition) is 4. The first-order valence-electron chi connectivity index (χ1n) is 7.91. The van der Waals surface area contributed by atoms with E-state index in [4.69, 9.17) is 5.73 Å². The average molecular weight is 339 g/mol. The second-order valence-electron chi connectivity index (χ2n) is 5.91. The van der Waals surface area contributed by atoms with E-state index in [1.165, 1.54) is 17.7 Å². The Morgan fingerprint density at radius 1 is 1.32 bits per heavy atom. The van der Waals surface area contributed by atoms with E-state index in [-0.39, 0.29) is 16.7 Å². The number of nitrogens with two attached hydrogens (primary N) is 1. The molecule has 1 amide bonds. The summed E-state index contributed by atoms with van der Waals surface area (Å²) in [6.45, 7) is 0.721. The van der Waals surface area contributed by atoms with Gasteiger partial charge in [-0.05, 0) is 43.4 Å². The van der Waals surface area contributed by atoms with Crippen LogP contribution in [-0.4, -0.2) is 35.2 Å². The average Bonchev–Trinajstić information content (AvgIpc) is 3.00. The third-order valence-electron chi connectivity index (χ3n) is 4.15. The molecule has 122 valence electrons. The summed E-state index contributed by atoms with van der Waals surface area (Å²) in [4.78, 5) is 13.4. The molecule has 0 unspecified atom stereocenters. The zero-order chi connectivity index (χ0) is 15.8. The van der Waals surface area contributed by atoms with Gasteiger partial charge in [0, 0.05) is 16.2 Å². The summed E-state index contributed by atoms with van der Waals surface area (Å²) in [5.41, 5.74) is 5.95. The van der Waals surface area contributed by atoms with Crippen molar-refractivity contribution in [2.24, 2.45) is 5.73 Å². The molecule has 2 rings (SSSR count). The maximum Gasteiger partial charge on any atom is 0.236 e. The lowest BCUT2D eigenvalue weighted by molar-refractivity contribution is -0.122. The first kappa shape index (κ1) is 17.7. The van der Waals surface area contributed by atoms with Gasteiger partial charge in [0.2, 0.25) is 5.91 Å². The molecule has 5 heteroatoms. The molecular formula is C17H26N2OS2. The van der Waals surface area contributed by atoms with Crippen molar-refractivity contribution in [2.75, 3.05) is 18.6 Å². The van der Waals surface area contributed by atoms with E-state index in [2.05, 4.69) is 29.6 Å². The number of amides is 1. The summed E-state index contributed by atoms with van der Waals surface area (Å²) in [7, 11) is 0. The molecule has 1 atom stereocenters. The molecule has 0 aliphatic heterocycles. The highest BCUT2D eigenvalue weighted by atomic mass is 32.2. The first-order chi connectivity index (χ1) is 10.7. The minimum absolute atomic E-state index is 0.00557. The highest BCUT2D eigenvalue weighted by Gasteiger charge is 2.35. The number of carbonyl (C=O) groups is 1. The fraction of sp³-hybridized carbons (Fsp3) is 0.588. The van der Waals surface area contributed by atoms with Crippen LogP contribution in [0.15, 0.2) is 35.2 Å². The molecule has 22 heavy (non-hydrogen) atoms. The van der Waals surface area contributed by atoms with Crippen molar-refractivity contribution < 1.29 is 4.79 Å². The minimum Gasteiger partial charge on any atom is -0.353 e. The summed E-state index contributed by atoms with van der Waals surface area (Å²) in [5, 5.41) is 3.10. The van der Waals surface area contributed by atoms with Crippen LogP contribution in [0.3, 0.4) is 0 Å². The molecule has 1 aromatic rings. The van der Waals surface area contributed by atoms with Crippen molar-refractivity contribution in [1.82, 2.24) is 5.32 Å². The molecule has 0 spiro atoms. The Morgan fingerprint density at radius 2 is 2.00 bits per heavy atom. The van der Waals surface area contributed by atoms with Gasteiger partial charge < -0.3 is 11.1 Å². The van der Waals surface area contributed by atoms with E-state index in [9.17, 15) is 4.79 Å². The second kappa shape index (κ2) is 8.85. The lowest BCUT2D eigenvalue weighted by atomic mass is 10.1. The van der Waals surface area contributed by atoms with Crippen LogP contribution in [0, 0.1) is 0 Å². The van der Waals surface area contributed by atoms with E-state index in [0.29, 0.717) is 0 Å². The third kappa shape index (κ3) is 5.21. The Hall–Kier alpha value is -0.650. The largest absolute Gasteiger partial charge is 0.353 e. The van der Waals surface area contributed by atoms with Gasteiger partial charge in [0.25, 0.3) is 0 Å². The number of rotatable bonds is 8. The van der Waals surface area contributed by atoms with Gasteiger partial charge in [-0.25, -0.2) is 0 Å². The van der Waals surface area contributed by atoms with Crippen molar-refractivity contribution in [2.45, 2.75) is 47.8 Å². The standard InChI is InChI=1S/C17H26N2OS2/c1-21-12-9-15(18)16(20)19-13-17(10-5-6-11-17)22-14-7-3-2-4-8-14/h2-4,7-8,15H,5-6,9-13,18H2,1H3,(H,19,20)/t15-/m0/s1. The maximum absolute atomic E-state index is 12.1. The Kier molecular flexibility index (Phi) is 7.12. The molecule has 1 aromatic carbocycles. The molecule has 0 aromatic heterocycles. The van der Waals surface area contributed by atoms with Crippen LogP contribution < -0.4 is 11.1 Å². The Labute approximate surface area is 142 Å². The monoisotopic (exact) mass is 338 g/mol. The second-order valence-corrected chi connectivity index (χ2v) is 8.44. The van der Waals surface area contributed by atoms with Gasteiger partial charge in [0.15, 0.2) is 0 Å². The van der Waals surface area contributed by atoms with Gasteiger partial charge in [-0.1, -0.05) is 31.0 Å². The number of hydrogen-bond donors (Lipinski definition) is 2. The smallest absolute Gasteiger partial charge is 0.236 e. The number of nitrogens with one attached hydrogen (secondary N) is 1. The fourth-order valence-corrected chi connectivity index (χ4v) is 4.75. The predicted octanol–water partition coefficient (Wildman–Crippen LogP) is 3.29. The minimum atomic E-state index is -0.382. The van der Waals surface area contributed by atoms with Crippen molar-refractivity contribution in [3.05, 3.63) is 30.3 Å². The SMILES string of the molecule is CSCC[C@H](N)C(=O)NCC1(Sc2ccccc2)CCCC1. The van der Waals surface area contributed by atoms with Crippen molar-refractivity contribution in [3.8, 4) is 0 Å². The number of carbonyl (C=O) groups excluding carboxylic acids is 1. The Bertz CT molecular complexity index is 461. The van der Waals surface area contributed by atoms with Crippen LogP contribution in [0.2, 0.25) is 0 Å². The zero-order valence-corrected chi connectivity index (χ0v) is 14.8. The highest BCUT2D eigenvalue weighted by Crippen LogP contribution is 2.44. The number of thioether (sulfide) groups is 2. The fourth-order valence-electron chi connectivity index (χ4n) is 2.83. The summed E-state index contributed by atoms with van der Waals surface area (Å²) >= 11 is 3.64. The van der Waals surface area contributed by atoms with Gasteiger partial charge in [-0.15, -0.1) is 11.8 Å². The summed E-state index contributed by atoms with van der Waals surface area (Å²) in [5.74, 6) is 0.923. The molecule has 1 saturated carbocycles. The molecule has 0 heterocycles. The molecule has 0 saturated heterocycles. The van der Waals surface area contributed by atoms with Crippen LogP contribution >= 0.6 is 23.5 Å². The first-order valence-corrected chi connectivity index (χ1v) is 10.1. The van der Waals surface area contributed by atoms with Crippen molar-refractivity contribution >= 4 is 29.4 Å². The van der Waals surface area contributed by atoms with Crippen LogP contribution in [0.5, 0.6) is 0 Å². The zero-order valence-electron chi connectivity index (χ0n) is 13.2. The molecule has 3 nitrogen and oxygen atoms in total. The molecule has 0 radical (unpaired) electrons.